The Labute approximate surface area is 167 Å². The van der Waals surface area contributed by atoms with E-state index in [1.54, 1.807) is 31.4 Å². The third-order valence-electron chi connectivity index (χ3n) is 4.19. The van der Waals surface area contributed by atoms with E-state index < -0.39 is 24.0 Å². The second-order valence-electron chi connectivity index (χ2n) is 7.60. The van der Waals surface area contributed by atoms with Gasteiger partial charge in [0.05, 0.1) is 14.2 Å². The molecule has 0 bridgehead atoms. The maximum absolute atomic E-state index is 12.8. The first-order valence-corrected chi connectivity index (χ1v) is 9.51. The van der Waals surface area contributed by atoms with Gasteiger partial charge in [-0.05, 0) is 48.9 Å². The fourth-order valence-electron chi connectivity index (χ4n) is 2.79. The van der Waals surface area contributed by atoms with Gasteiger partial charge in [-0.15, -0.1) is 0 Å². The van der Waals surface area contributed by atoms with Gasteiger partial charge in [-0.25, -0.2) is 4.79 Å². The van der Waals surface area contributed by atoms with E-state index in [1.807, 2.05) is 27.7 Å². The fraction of sp³-hybridized carbons (Fsp3) is 0.571. The maximum Gasteiger partial charge on any atom is 0.328 e. The number of carbonyl (C=O) groups is 3. The van der Waals surface area contributed by atoms with E-state index in [9.17, 15) is 14.4 Å². The predicted octanol–water partition coefficient (Wildman–Crippen LogP) is 2.54. The number of rotatable bonds is 10. The number of hydrogen-bond donors (Lipinski definition) is 2. The van der Waals surface area contributed by atoms with Gasteiger partial charge in [0.15, 0.2) is 0 Å². The number of ether oxygens (including phenoxy) is 2. The summed E-state index contributed by atoms with van der Waals surface area (Å²) in [6.07, 6.45) is 0.905. The van der Waals surface area contributed by atoms with Crippen LogP contribution in [0, 0.1) is 11.8 Å². The standard InChI is InChI=1S/C21H32N2O5/c1-13(2)11-17(20(25)23-18(12-14(3)4)21(26)28-6)22-19(24)15-7-9-16(27-5)10-8-15/h7-10,13-14,17-18H,11-12H2,1-6H3,(H,22,24)(H,23,25)/t17-,18-/m0/s1. The van der Waals surface area contributed by atoms with Crippen molar-refractivity contribution in [1.29, 1.82) is 0 Å². The first-order valence-electron chi connectivity index (χ1n) is 9.51. The van der Waals surface area contributed by atoms with Crippen molar-refractivity contribution in [2.24, 2.45) is 11.8 Å². The minimum Gasteiger partial charge on any atom is -0.497 e. The van der Waals surface area contributed by atoms with Crippen molar-refractivity contribution in [3.63, 3.8) is 0 Å². The van der Waals surface area contributed by atoms with Crippen LogP contribution in [0.4, 0.5) is 0 Å². The van der Waals surface area contributed by atoms with Gasteiger partial charge in [0.1, 0.15) is 17.8 Å². The molecule has 0 aromatic heterocycles. The molecule has 1 aromatic rings. The molecule has 2 atom stereocenters. The Morgan fingerprint density at radius 3 is 1.86 bits per heavy atom. The van der Waals surface area contributed by atoms with Crippen LogP contribution in [0.25, 0.3) is 0 Å². The first-order chi connectivity index (χ1) is 13.2. The summed E-state index contributed by atoms with van der Waals surface area (Å²) in [5.74, 6) is -0.238. The molecule has 28 heavy (non-hydrogen) atoms. The lowest BCUT2D eigenvalue weighted by Crippen LogP contribution is -2.52. The van der Waals surface area contributed by atoms with E-state index in [2.05, 4.69) is 10.6 Å². The van der Waals surface area contributed by atoms with Crippen molar-refractivity contribution in [3.05, 3.63) is 29.8 Å². The summed E-state index contributed by atoms with van der Waals surface area (Å²) in [6.45, 7) is 7.84. The van der Waals surface area contributed by atoms with E-state index in [-0.39, 0.29) is 17.7 Å². The van der Waals surface area contributed by atoms with E-state index in [0.29, 0.717) is 24.2 Å². The van der Waals surface area contributed by atoms with Crippen LogP contribution < -0.4 is 15.4 Å². The maximum atomic E-state index is 12.8. The molecule has 7 heteroatoms. The Kier molecular flexibility index (Phi) is 9.48. The molecule has 0 fully saturated rings. The summed E-state index contributed by atoms with van der Waals surface area (Å²) in [5.41, 5.74) is 0.425. The number of benzene rings is 1. The smallest absolute Gasteiger partial charge is 0.328 e. The highest BCUT2D eigenvalue weighted by molar-refractivity contribution is 5.98. The van der Waals surface area contributed by atoms with E-state index in [4.69, 9.17) is 9.47 Å². The molecular formula is C21H32N2O5. The summed E-state index contributed by atoms with van der Waals surface area (Å²) in [6, 6.07) is 5.13. The van der Waals surface area contributed by atoms with Crippen molar-refractivity contribution in [3.8, 4) is 5.75 Å². The van der Waals surface area contributed by atoms with E-state index in [1.165, 1.54) is 7.11 Å². The molecule has 0 saturated carbocycles. The minimum absolute atomic E-state index is 0.175. The monoisotopic (exact) mass is 392 g/mol. The third-order valence-corrected chi connectivity index (χ3v) is 4.19. The lowest BCUT2D eigenvalue weighted by molar-refractivity contribution is -0.145. The van der Waals surface area contributed by atoms with Gasteiger partial charge in [-0.1, -0.05) is 27.7 Å². The second-order valence-corrected chi connectivity index (χ2v) is 7.60. The van der Waals surface area contributed by atoms with Crippen molar-refractivity contribution < 1.29 is 23.9 Å². The fourth-order valence-corrected chi connectivity index (χ4v) is 2.79. The topological polar surface area (TPSA) is 93.7 Å². The minimum atomic E-state index is -0.756. The van der Waals surface area contributed by atoms with Crippen LogP contribution >= 0.6 is 0 Å². The van der Waals surface area contributed by atoms with Gasteiger partial charge in [-0.3, -0.25) is 9.59 Å². The van der Waals surface area contributed by atoms with E-state index >= 15 is 0 Å². The molecule has 0 aliphatic heterocycles. The van der Waals surface area contributed by atoms with Crippen molar-refractivity contribution >= 4 is 17.8 Å². The molecule has 156 valence electrons. The summed E-state index contributed by atoms with van der Waals surface area (Å²) < 4.78 is 9.88. The van der Waals surface area contributed by atoms with Crippen LogP contribution in [0.2, 0.25) is 0 Å². The molecule has 2 N–H and O–H groups in total. The van der Waals surface area contributed by atoms with Gasteiger partial charge in [0.2, 0.25) is 5.91 Å². The predicted molar refractivity (Wildman–Crippen MR) is 107 cm³/mol. The summed E-state index contributed by atoms with van der Waals surface area (Å²) in [7, 11) is 2.84. The molecule has 0 aliphatic rings. The summed E-state index contributed by atoms with van der Waals surface area (Å²) in [4.78, 5) is 37.4. The van der Waals surface area contributed by atoms with E-state index in [0.717, 1.165) is 0 Å². The molecule has 0 unspecified atom stereocenters. The number of nitrogens with one attached hydrogen (secondary N) is 2. The van der Waals surface area contributed by atoms with Crippen molar-refractivity contribution in [2.45, 2.75) is 52.6 Å². The molecule has 0 aliphatic carbocycles. The zero-order valence-corrected chi connectivity index (χ0v) is 17.6. The molecule has 1 aromatic carbocycles. The number of hydrogen-bond acceptors (Lipinski definition) is 5. The average Bonchev–Trinajstić information content (AvgIpc) is 2.65. The normalized spacial score (nSPS) is 13.0. The van der Waals surface area contributed by atoms with Crippen LogP contribution in [0.3, 0.4) is 0 Å². The molecule has 0 radical (unpaired) electrons. The quantitative estimate of drug-likeness (QED) is 0.597. The highest BCUT2D eigenvalue weighted by atomic mass is 16.5. The number of amides is 2. The molecule has 1 rings (SSSR count). The second kappa shape index (κ2) is 11.3. The number of methoxy groups -OCH3 is 2. The van der Waals surface area contributed by atoms with Crippen molar-refractivity contribution in [2.75, 3.05) is 14.2 Å². The Hall–Kier alpha value is -2.57. The zero-order valence-electron chi connectivity index (χ0n) is 17.6. The number of esters is 1. The molecule has 7 nitrogen and oxygen atoms in total. The van der Waals surface area contributed by atoms with Crippen LogP contribution in [0.5, 0.6) is 5.75 Å². The Morgan fingerprint density at radius 1 is 0.857 bits per heavy atom. The molecular weight excluding hydrogens is 360 g/mol. The Balaban J connectivity index is 2.90. The van der Waals surface area contributed by atoms with Crippen LogP contribution in [0.1, 0.15) is 50.9 Å². The highest BCUT2D eigenvalue weighted by Crippen LogP contribution is 2.13. The lowest BCUT2D eigenvalue weighted by atomic mass is 10.00. The molecule has 0 saturated heterocycles. The highest BCUT2D eigenvalue weighted by Gasteiger charge is 2.28. The van der Waals surface area contributed by atoms with Gasteiger partial charge >= 0.3 is 5.97 Å². The van der Waals surface area contributed by atoms with Crippen LogP contribution in [-0.4, -0.2) is 44.1 Å². The Morgan fingerprint density at radius 2 is 1.39 bits per heavy atom. The average molecular weight is 392 g/mol. The zero-order chi connectivity index (χ0) is 21.3. The van der Waals surface area contributed by atoms with Crippen LogP contribution in [0.15, 0.2) is 24.3 Å². The van der Waals surface area contributed by atoms with Crippen molar-refractivity contribution in [1.82, 2.24) is 10.6 Å². The van der Waals surface area contributed by atoms with Gasteiger partial charge in [0.25, 0.3) is 5.91 Å². The first kappa shape index (κ1) is 23.5. The largest absolute Gasteiger partial charge is 0.497 e. The number of carbonyl (C=O) groups excluding carboxylic acids is 3. The van der Waals surface area contributed by atoms with Gasteiger partial charge in [-0.2, -0.15) is 0 Å². The van der Waals surface area contributed by atoms with Crippen LogP contribution in [-0.2, 0) is 14.3 Å². The van der Waals surface area contributed by atoms with Gasteiger partial charge < -0.3 is 20.1 Å². The molecule has 2 amide bonds. The third kappa shape index (κ3) is 7.58. The lowest BCUT2D eigenvalue weighted by Gasteiger charge is -2.24. The molecule has 0 spiro atoms. The molecule has 0 heterocycles. The Bertz CT molecular complexity index is 655. The summed E-state index contributed by atoms with van der Waals surface area (Å²) >= 11 is 0. The SMILES string of the molecule is COC(=O)[C@H](CC(C)C)NC(=O)[C@H](CC(C)C)NC(=O)c1ccc(OC)cc1. The van der Waals surface area contributed by atoms with Gasteiger partial charge in [0, 0.05) is 5.56 Å². The summed E-state index contributed by atoms with van der Waals surface area (Å²) in [5, 5.41) is 5.50.